The zero-order valence-corrected chi connectivity index (χ0v) is 13.3. The number of aromatic nitrogens is 2. The Morgan fingerprint density at radius 2 is 2.00 bits per heavy atom. The van der Waals surface area contributed by atoms with Crippen LogP contribution in [0.4, 0.5) is 5.82 Å². The van der Waals surface area contributed by atoms with Crippen molar-refractivity contribution in [2.75, 3.05) is 31.1 Å². The van der Waals surface area contributed by atoms with E-state index in [2.05, 4.69) is 28.6 Å². The van der Waals surface area contributed by atoms with E-state index >= 15 is 0 Å². The van der Waals surface area contributed by atoms with E-state index in [4.69, 9.17) is 16.6 Å². The van der Waals surface area contributed by atoms with E-state index in [1.807, 2.05) is 6.92 Å². The van der Waals surface area contributed by atoms with E-state index in [-0.39, 0.29) is 0 Å². The maximum Gasteiger partial charge on any atom is 0.137 e. The topological polar surface area (TPSA) is 32.3 Å². The van der Waals surface area contributed by atoms with Gasteiger partial charge in [0.25, 0.3) is 0 Å². The Hall–Kier alpha value is -0.870. The molecule has 0 bridgehead atoms. The van der Waals surface area contributed by atoms with Gasteiger partial charge in [0.2, 0.25) is 0 Å². The van der Waals surface area contributed by atoms with Gasteiger partial charge in [-0.25, -0.2) is 9.97 Å². The second-order valence-corrected chi connectivity index (χ2v) is 6.38. The van der Waals surface area contributed by atoms with E-state index < -0.39 is 0 Å². The lowest BCUT2D eigenvalue weighted by Crippen LogP contribution is -2.52. The van der Waals surface area contributed by atoms with E-state index in [0.717, 1.165) is 43.4 Å². The molecule has 4 nitrogen and oxygen atoms in total. The second-order valence-electron chi connectivity index (χ2n) is 6.02. The third-order valence-electron chi connectivity index (χ3n) is 4.49. The fourth-order valence-electron chi connectivity index (χ4n) is 2.98. The highest BCUT2D eigenvalue weighted by Crippen LogP contribution is 2.40. The molecule has 0 radical (unpaired) electrons. The summed E-state index contributed by atoms with van der Waals surface area (Å²) in [5.74, 6) is 2.54. The number of hydrogen-bond acceptors (Lipinski definition) is 4. The maximum absolute atomic E-state index is 6.31. The van der Waals surface area contributed by atoms with Crippen molar-refractivity contribution in [3.63, 3.8) is 0 Å². The van der Waals surface area contributed by atoms with Gasteiger partial charge < -0.3 is 4.90 Å². The molecule has 1 saturated carbocycles. The summed E-state index contributed by atoms with van der Waals surface area (Å²) in [7, 11) is 0. The first-order chi connectivity index (χ1) is 9.60. The van der Waals surface area contributed by atoms with Crippen LogP contribution in [0.3, 0.4) is 0 Å². The van der Waals surface area contributed by atoms with Gasteiger partial charge in [-0.15, -0.1) is 0 Å². The summed E-state index contributed by atoms with van der Waals surface area (Å²) in [4.78, 5) is 14.2. The average molecular weight is 295 g/mol. The van der Waals surface area contributed by atoms with Gasteiger partial charge in [0.05, 0.1) is 0 Å². The van der Waals surface area contributed by atoms with Crippen molar-refractivity contribution in [3.05, 3.63) is 16.5 Å². The molecular weight excluding hydrogens is 272 g/mol. The fourth-order valence-corrected chi connectivity index (χ4v) is 3.15. The smallest absolute Gasteiger partial charge is 0.137 e. The summed E-state index contributed by atoms with van der Waals surface area (Å²) in [5.41, 5.74) is 1.02. The van der Waals surface area contributed by atoms with Gasteiger partial charge in [0.1, 0.15) is 16.8 Å². The first kappa shape index (κ1) is 14.1. The zero-order valence-electron chi connectivity index (χ0n) is 12.6. The molecular formula is C15H23ClN4. The van der Waals surface area contributed by atoms with Gasteiger partial charge in [-0.05, 0) is 33.2 Å². The molecule has 1 aliphatic carbocycles. The monoisotopic (exact) mass is 294 g/mol. The number of likely N-dealkylation sites (N-methyl/N-ethyl adjacent to an activating group) is 1. The van der Waals surface area contributed by atoms with Crippen molar-refractivity contribution in [3.8, 4) is 0 Å². The van der Waals surface area contributed by atoms with Crippen LogP contribution in [-0.4, -0.2) is 47.1 Å². The number of nitrogens with zero attached hydrogens (tertiary/aromatic N) is 4. The molecule has 1 atom stereocenters. The first-order valence-corrected chi connectivity index (χ1v) is 8.01. The number of anilines is 1. The molecule has 1 aromatic rings. The van der Waals surface area contributed by atoms with Gasteiger partial charge in [0.15, 0.2) is 0 Å². The van der Waals surface area contributed by atoms with Crippen LogP contribution < -0.4 is 4.90 Å². The highest BCUT2D eigenvalue weighted by molar-refractivity contribution is 6.30. The molecule has 0 spiro atoms. The highest BCUT2D eigenvalue weighted by Gasteiger charge is 2.30. The lowest BCUT2D eigenvalue weighted by Gasteiger charge is -2.40. The number of piperazine rings is 1. The number of halogens is 1. The lowest BCUT2D eigenvalue weighted by atomic mass is 10.1. The summed E-state index contributed by atoms with van der Waals surface area (Å²) in [5, 5.41) is 0.627. The summed E-state index contributed by atoms with van der Waals surface area (Å²) in [6.07, 6.45) is 2.41. The third-order valence-corrected chi connectivity index (χ3v) is 4.86. The minimum Gasteiger partial charge on any atom is -0.353 e. The highest BCUT2D eigenvalue weighted by atomic mass is 35.5. The van der Waals surface area contributed by atoms with Crippen LogP contribution in [0.1, 0.15) is 44.0 Å². The summed E-state index contributed by atoms with van der Waals surface area (Å²) in [6, 6.07) is 0.561. The molecule has 2 fully saturated rings. The Labute approximate surface area is 126 Å². The van der Waals surface area contributed by atoms with E-state index in [1.54, 1.807) is 0 Å². The molecule has 0 amide bonds. The van der Waals surface area contributed by atoms with E-state index in [1.165, 1.54) is 12.8 Å². The van der Waals surface area contributed by atoms with Gasteiger partial charge in [-0.1, -0.05) is 18.5 Å². The van der Waals surface area contributed by atoms with Crippen molar-refractivity contribution in [1.82, 2.24) is 14.9 Å². The molecule has 2 aliphatic rings. The van der Waals surface area contributed by atoms with Crippen molar-refractivity contribution >= 4 is 17.4 Å². The van der Waals surface area contributed by atoms with Gasteiger partial charge in [-0.3, -0.25) is 4.90 Å². The molecule has 5 heteroatoms. The quantitative estimate of drug-likeness (QED) is 0.803. The minimum atomic E-state index is 0.543. The third kappa shape index (κ3) is 2.63. The van der Waals surface area contributed by atoms with Gasteiger partial charge >= 0.3 is 0 Å². The standard InChI is InChI=1S/C15H23ClN4/c1-4-19-7-8-20(9-10(19)2)15-11(3)13(16)17-14(18-15)12-5-6-12/h10,12H,4-9H2,1-3H3. The zero-order chi connectivity index (χ0) is 14.3. The van der Waals surface area contributed by atoms with Crippen LogP contribution in [-0.2, 0) is 0 Å². The predicted octanol–water partition coefficient (Wildman–Crippen LogP) is 2.85. The van der Waals surface area contributed by atoms with Crippen molar-refractivity contribution in [1.29, 1.82) is 0 Å². The van der Waals surface area contributed by atoms with Gasteiger partial charge in [0, 0.05) is 37.2 Å². The molecule has 0 N–H and O–H groups in total. The normalized spacial score (nSPS) is 24.2. The molecule has 1 aliphatic heterocycles. The molecule has 110 valence electrons. The minimum absolute atomic E-state index is 0.543. The van der Waals surface area contributed by atoms with Gasteiger partial charge in [-0.2, -0.15) is 0 Å². The Morgan fingerprint density at radius 1 is 1.25 bits per heavy atom. The molecule has 1 saturated heterocycles. The molecule has 3 rings (SSSR count). The predicted molar refractivity (Wildman–Crippen MR) is 82.7 cm³/mol. The summed E-state index contributed by atoms with van der Waals surface area (Å²) < 4.78 is 0. The second kappa shape index (κ2) is 5.49. The van der Waals surface area contributed by atoms with Crippen LogP contribution in [0, 0.1) is 6.92 Å². The van der Waals surface area contributed by atoms with Crippen LogP contribution in [0.25, 0.3) is 0 Å². The largest absolute Gasteiger partial charge is 0.353 e. The molecule has 1 aromatic heterocycles. The first-order valence-electron chi connectivity index (χ1n) is 7.63. The SMILES string of the molecule is CCN1CCN(c2nc(C3CC3)nc(Cl)c2C)CC1C. The molecule has 2 heterocycles. The van der Waals surface area contributed by atoms with Crippen LogP contribution in [0.5, 0.6) is 0 Å². The molecule has 0 aromatic carbocycles. The summed E-state index contributed by atoms with van der Waals surface area (Å²) in [6.45, 7) is 10.8. The number of rotatable bonds is 3. The van der Waals surface area contributed by atoms with Crippen LogP contribution >= 0.6 is 11.6 Å². The maximum atomic E-state index is 6.31. The Kier molecular flexibility index (Phi) is 3.87. The van der Waals surface area contributed by atoms with E-state index in [9.17, 15) is 0 Å². The Morgan fingerprint density at radius 3 is 2.60 bits per heavy atom. The van der Waals surface area contributed by atoms with Crippen molar-refractivity contribution in [2.24, 2.45) is 0 Å². The summed E-state index contributed by atoms with van der Waals surface area (Å²) >= 11 is 6.31. The Bertz CT molecular complexity index is 501. The fraction of sp³-hybridized carbons (Fsp3) is 0.733. The molecule has 20 heavy (non-hydrogen) atoms. The molecule has 1 unspecified atom stereocenters. The average Bonchev–Trinajstić information content (AvgIpc) is 3.26. The number of hydrogen-bond donors (Lipinski definition) is 0. The lowest BCUT2D eigenvalue weighted by molar-refractivity contribution is 0.199. The van der Waals surface area contributed by atoms with Crippen molar-refractivity contribution in [2.45, 2.75) is 45.6 Å². The van der Waals surface area contributed by atoms with Crippen molar-refractivity contribution < 1.29 is 0 Å². The Balaban J connectivity index is 1.86. The van der Waals surface area contributed by atoms with E-state index in [0.29, 0.717) is 17.1 Å². The van der Waals surface area contributed by atoms with Crippen LogP contribution in [0.15, 0.2) is 0 Å². The van der Waals surface area contributed by atoms with Crippen LogP contribution in [0.2, 0.25) is 5.15 Å².